The van der Waals surface area contributed by atoms with E-state index >= 15 is 0 Å². The van der Waals surface area contributed by atoms with Crippen LogP contribution in [-0.2, 0) is 0 Å². The van der Waals surface area contributed by atoms with Gasteiger partial charge < -0.3 is 0 Å². The summed E-state index contributed by atoms with van der Waals surface area (Å²) < 4.78 is 0. The molecule has 0 radical (unpaired) electrons. The van der Waals surface area contributed by atoms with E-state index in [9.17, 15) is 0 Å². The van der Waals surface area contributed by atoms with Crippen LogP contribution in [0.15, 0.2) is 66.2 Å². The van der Waals surface area contributed by atoms with E-state index in [1.54, 1.807) is 5.57 Å². The van der Waals surface area contributed by atoms with Gasteiger partial charge in [-0.25, -0.2) is 0 Å². The highest BCUT2D eigenvalue weighted by atomic mass is 14.3. The monoisotopic (exact) mass is 290 g/mol. The summed E-state index contributed by atoms with van der Waals surface area (Å²) in [5, 5.41) is 0. The van der Waals surface area contributed by atoms with Gasteiger partial charge in [0, 0.05) is 0 Å². The van der Waals surface area contributed by atoms with Crippen LogP contribution in [0.2, 0.25) is 0 Å². The van der Waals surface area contributed by atoms with Crippen molar-refractivity contribution in [3.63, 3.8) is 0 Å². The van der Waals surface area contributed by atoms with Crippen molar-refractivity contribution in [1.29, 1.82) is 0 Å². The van der Waals surface area contributed by atoms with Gasteiger partial charge in [-0.1, -0.05) is 92.4 Å². The summed E-state index contributed by atoms with van der Waals surface area (Å²) in [4.78, 5) is 0. The number of unbranched alkanes of at least 4 members (excludes halogenated alkanes) is 1. The molecule has 1 atom stereocenters. The van der Waals surface area contributed by atoms with Crippen LogP contribution in [0.1, 0.15) is 56.6 Å². The highest BCUT2D eigenvalue weighted by molar-refractivity contribution is 5.82. The molecule has 0 heterocycles. The molecule has 1 fully saturated rings. The van der Waals surface area contributed by atoms with Crippen LogP contribution < -0.4 is 0 Å². The molecule has 0 amide bonds. The molecule has 0 spiro atoms. The lowest BCUT2D eigenvalue weighted by Gasteiger charge is -2.13. The molecular weight excluding hydrogens is 264 g/mol. The third-order valence-corrected chi connectivity index (χ3v) is 4.83. The van der Waals surface area contributed by atoms with Gasteiger partial charge in [0.25, 0.3) is 0 Å². The molecule has 1 saturated carbocycles. The smallest absolute Gasteiger partial charge is 0.0119 e. The van der Waals surface area contributed by atoms with Crippen molar-refractivity contribution in [3.8, 4) is 0 Å². The zero-order valence-corrected chi connectivity index (χ0v) is 13.6. The lowest BCUT2D eigenvalue weighted by Crippen LogP contribution is -1.95. The number of rotatable bonds is 5. The Bertz CT molecular complexity index is 566. The van der Waals surface area contributed by atoms with Gasteiger partial charge in [-0.15, -0.1) is 0 Å². The van der Waals surface area contributed by atoms with Crippen molar-refractivity contribution in [2.24, 2.45) is 5.92 Å². The molecule has 0 N–H and O–H groups in total. The Morgan fingerprint density at radius 1 is 0.909 bits per heavy atom. The molecule has 2 aromatic rings. The Hall–Kier alpha value is -1.82. The van der Waals surface area contributed by atoms with Crippen molar-refractivity contribution in [2.75, 3.05) is 0 Å². The third-order valence-electron chi connectivity index (χ3n) is 4.83. The van der Waals surface area contributed by atoms with E-state index < -0.39 is 0 Å². The van der Waals surface area contributed by atoms with Crippen molar-refractivity contribution in [1.82, 2.24) is 0 Å². The van der Waals surface area contributed by atoms with Gasteiger partial charge >= 0.3 is 0 Å². The van der Waals surface area contributed by atoms with Gasteiger partial charge in [0.2, 0.25) is 0 Å². The first-order valence-corrected chi connectivity index (χ1v) is 8.71. The van der Waals surface area contributed by atoms with Crippen LogP contribution >= 0.6 is 0 Å². The minimum atomic E-state index is 0.900. The maximum absolute atomic E-state index is 2.30. The first-order valence-electron chi connectivity index (χ1n) is 8.71. The standard InChI is InChI=1S/C22H26/c1-2-3-10-18-15-16-21(17-18)22(19-11-6-4-7-12-19)20-13-8-5-9-14-20/h4-9,11-14,18H,2-3,10,15-17H2,1H3. The first kappa shape index (κ1) is 15.1. The predicted molar refractivity (Wildman–Crippen MR) is 95.8 cm³/mol. The minimum Gasteiger partial charge on any atom is -0.0654 e. The molecule has 1 aliphatic carbocycles. The zero-order chi connectivity index (χ0) is 15.2. The number of hydrogen-bond donors (Lipinski definition) is 0. The van der Waals surface area contributed by atoms with Crippen molar-refractivity contribution < 1.29 is 0 Å². The van der Waals surface area contributed by atoms with E-state index in [0.717, 1.165) is 5.92 Å². The van der Waals surface area contributed by atoms with E-state index in [1.807, 2.05) is 0 Å². The summed E-state index contributed by atoms with van der Waals surface area (Å²) in [6, 6.07) is 21.9. The molecule has 1 aliphatic rings. The summed E-state index contributed by atoms with van der Waals surface area (Å²) >= 11 is 0. The summed E-state index contributed by atoms with van der Waals surface area (Å²) in [6.07, 6.45) is 8.03. The highest BCUT2D eigenvalue weighted by Crippen LogP contribution is 2.40. The van der Waals surface area contributed by atoms with Gasteiger partial charge in [0.15, 0.2) is 0 Å². The van der Waals surface area contributed by atoms with Crippen LogP contribution in [0.4, 0.5) is 0 Å². The van der Waals surface area contributed by atoms with Gasteiger partial charge in [-0.2, -0.15) is 0 Å². The minimum absolute atomic E-state index is 0.900. The highest BCUT2D eigenvalue weighted by Gasteiger charge is 2.22. The average molecular weight is 290 g/mol. The summed E-state index contributed by atoms with van der Waals surface area (Å²) in [5.41, 5.74) is 5.90. The van der Waals surface area contributed by atoms with Crippen LogP contribution in [0.25, 0.3) is 5.57 Å². The van der Waals surface area contributed by atoms with E-state index in [0.29, 0.717) is 0 Å². The van der Waals surface area contributed by atoms with Crippen LogP contribution in [0.5, 0.6) is 0 Å². The lowest BCUT2D eigenvalue weighted by atomic mass is 9.91. The van der Waals surface area contributed by atoms with E-state index in [4.69, 9.17) is 0 Å². The molecule has 0 nitrogen and oxygen atoms in total. The summed E-state index contributed by atoms with van der Waals surface area (Å²) in [6.45, 7) is 2.30. The largest absolute Gasteiger partial charge is 0.0654 e. The Kier molecular flexibility index (Phi) is 5.11. The summed E-state index contributed by atoms with van der Waals surface area (Å²) in [7, 11) is 0. The molecule has 22 heavy (non-hydrogen) atoms. The molecule has 0 aliphatic heterocycles. The Morgan fingerprint density at radius 3 is 2.05 bits per heavy atom. The fraction of sp³-hybridized carbons (Fsp3) is 0.364. The SMILES string of the molecule is CCCCC1CCC(=C(c2ccccc2)c2ccccc2)C1. The second-order valence-corrected chi connectivity index (χ2v) is 6.46. The Morgan fingerprint density at radius 2 is 1.50 bits per heavy atom. The van der Waals surface area contributed by atoms with Crippen LogP contribution in [-0.4, -0.2) is 0 Å². The molecule has 3 rings (SSSR count). The molecule has 0 heteroatoms. The topological polar surface area (TPSA) is 0 Å². The van der Waals surface area contributed by atoms with Gasteiger partial charge in [-0.05, 0) is 41.9 Å². The summed E-state index contributed by atoms with van der Waals surface area (Å²) in [5.74, 6) is 0.900. The molecule has 114 valence electrons. The maximum Gasteiger partial charge on any atom is -0.0119 e. The normalized spacial score (nSPS) is 17.7. The predicted octanol–water partition coefficient (Wildman–Crippen LogP) is 6.48. The fourth-order valence-corrected chi connectivity index (χ4v) is 3.68. The van der Waals surface area contributed by atoms with Crippen LogP contribution in [0, 0.1) is 5.92 Å². The van der Waals surface area contributed by atoms with Crippen molar-refractivity contribution in [2.45, 2.75) is 45.4 Å². The number of hydrogen-bond acceptors (Lipinski definition) is 0. The lowest BCUT2D eigenvalue weighted by molar-refractivity contribution is 0.486. The molecule has 2 aromatic carbocycles. The molecule has 0 bridgehead atoms. The molecule has 0 saturated heterocycles. The molecule has 0 aromatic heterocycles. The van der Waals surface area contributed by atoms with E-state index in [2.05, 4.69) is 67.6 Å². The molecule has 1 unspecified atom stereocenters. The molecular formula is C22H26. The van der Waals surface area contributed by atoms with Crippen molar-refractivity contribution in [3.05, 3.63) is 77.4 Å². The zero-order valence-electron chi connectivity index (χ0n) is 13.6. The first-order chi connectivity index (χ1) is 10.9. The van der Waals surface area contributed by atoms with Gasteiger partial charge in [0.1, 0.15) is 0 Å². The number of benzene rings is 2. The van der Waals surface area contributed by atoms with E-state index in [1.165, 1.54) is 55.2 Å². The average Bonchev–Trinajstić information content (AvgIpc) is 3.04. The second kappa shape index (κ2) is 7.45. The van der Waals surface area contributed by atoms with Gasteiger partial charge in [0.05, 0.1) is 0 Å². The quantitative estimate of drug-likeness (QED) is 0.591. The Balaban J connectivity index is 1.95. The maximum atomic E-state index is 2.30. The second-order valence-electron chi connectivity index (χ2n) is 6.46. The third kappa shape index (κ3) is 3.50. The van der Waals surface area contributed by atoms with Gasteiger partial charge in [-0.3, -0.25) is 0 Å². The Labute approximate surface area is 134 Å². The van der Waals surface area contributed by atoms with Crippen LogP contribution in [0.3, 0.4) is 0 Å². The number of allylic oxidation sites excluding steroid dienone is 1. The van der Waals surface area contributed by atoms with E-state index in [-0.39, 0.29) is 0 Å². The van der Waals surface area contributed by atoms with Crippen molar-refractivity contribution >= 4 is 5.57 Å². The fourth-order valence-electron chi connectivity index (χ4n) is 3.68.